The Bertz CT molecular complexity index is 314. The third kappa shape index (κ3) is 3.78. The van der Waals surface area contributed by atoms with Gasteiger partial charge >= 0.3 is 0 Å². The summed E-state index contributed by atoms with van der Waals surface area (Å²) in [6.45, 7) is 2.21. The Morgan fingerprint density at radius 3 is 2.73 bits per heavy atom. The molecule has 1 aromatic rings. The van der Waals surface area contributed by atoms with Gasteiger partial charge in [-0.25, -0.2) is 0 Å². The molecule has 84 valence electrons. The summed E-state index contributed by atoms with van der Waals surface area (Å²) >= 11 is 9.47. The van der Waals surface area contributed by atoms with Crippen LogP contribution >= 0.6 is 27.5 Å². The highest BCUT2D eigenvalue weighted by Gasteiger charge is 2.11. The first kappa shape index (κ1) is 13.0. The minimum Gasteiger partial charge on any atom is -0.313 e. The summed E-state index contributed by atoms with van der Waals surface area (Å²) in [4.78, 5) is 0. The summed E-state index contributed by atoms with van der Waals surface area (Å²) in [6.07, 6.45) is 3.62. The zero-order valence-electron chi connectivity index (χ0n) is 9.19. The molecular formula is C12H17BrClN. The molecule has 1 N–H and O–H groups in total. The molecule has 0 bridgehead atoms. The average Bonchev–Trinajstić information content (AvgIpc) is 2.21. The van der Waals surface area contributed by atoms with Crippen LogP contribution < -0.4 is 5.32 Å². The lowest BCUT2D eigenvalue weighted by atomic mass is 10.0. The van der Waals surface area contributed by atoms with Gasteiger partial charge in [0, 0.05) is 15.5 Å². The standard InChI is InChI=1S/C12H17BrClN/c1-3-4-5-12(15-2)10-7-6-9(14)8-11(10)13/h6-8,12,15H,3-5H2,1-2H3. The molecule has 0 aromatic heterocycles. The fourth-order valence-corrected chi connectivity index (χ4v) is 2.61. The van der Waals surface area contributed by atoms with Crippen LogP contribution in [0.5, 0.6) is 0 Å². The van der Waals surface area contributed by atoms with Gasteiger partial charge in [0.2, 0.25) is 0 Å². The summed E-state index contributed by atoms with van der Waals surface area (Å²) in [5.74, 6) is 0. The van der Waals surface area contributed by atoms with Gasteiger partial charge in [0.05, 0.1) is 0 Å². The normalized spacial score (nSPS) is 12.8. The molecule has 15 heavy (non-hydrogen) atoms. The molecule has 0 fully saturated rings. The van der Waals surface area contributed by atoms with E-state index < -0.39 is 0 Å². The number of rotatable bonds is 5. The van der Waals surface area contributed by atoms with Crippen molar-refractivity contribution in [1.29, 1.82) is 0 Å². The molecule has 1 aromatic carbocycles. The second-order valence-corrected chi connectivity index (χ2v) is 4.94. The third-order valence-electron chi connectivity index (χ3n) is 2.53. The summed E-state index contributed by atoms with van der Waals surface area (Å²) in [5.41, 5.74) is 1.29. The molecule has 1 unspecified atom stereocenters. The molecule has 1 nitrogen and oxygen atoms in total. The highest BCUT2D eigenvalue weighted by atomic mass is 79.9. The molecular weight excluding hydrogens is 273 g/mol. The predicted molar refractivity (Wildman–Crippen MR) is 70.5 cm³/mol. The van der Waals surface area contributed by atoms with E-state index in [-0.39, 0.29) is 0 Å². The van der Waals surface area contributed by atoms with Gasteiger partial charge in [-0.05, 0) is 31.2 Å². The second kappa shape index (κ2) is 6.51. The number of hydrogen-bond acceptors (Lipinski definition) is 1. The molecule has 0 aliphatic carbocycles. The molecule has 0 heterocycles. The van der Waals surface area contributed by atoms with Crippen LogP contribution in [-0.4, -0.2) is 7.05 Å². The van der Waals surface area contributed by atoms with Crippen molar-refractivity contribution in [1.82, 2.24) is 5.32 Å². The number of nitrogens with one attached hydrogen (secondary N) is 1. The first-order valence-electron chi connectivity index (χ1n) is 5.31. The van der Waals surface area contributed by atoms with E-state index in [4.69, 9.17) is 11.6 Å². The van der Waals surface area contributed by atoms with Gasteiger partial charge in [0.1, 0.15) is 0 Å². The lowest BCUT2D eigenvalue weighted by Gasteiger charge is -2.17. The Morgan fingerprint density at radius 2 is 2.20 bits per heavy atom. The largest absolute Gasteiger partial charge is 0.313 e. The monoisotopic (exact) mass is 289 g/mol. The summed E-state index contributed by atoms with van der Waals surface area (Å²) in [7, 11) is 2.00. The van der Waals surface area contributed by atoms with Gasteiger partial charge in [-0.2, -0.15) is 0 Å². The van der Waals surface area contributed by atoms with Gasteiger partial charge in [0.25, 0.3) is 0 Å². The van der Waals surface area contributed by atoms with Crippen LogP contribution in [0.4, 0.5) is 0 Å². The van der Waals surface area contributed by atoms with E-state index in [0.29, 0.717) is 6.04 Å². The van der Waals surface area contributed by atoms with Gasteiger partial charge in [-0.3, -0.25) is 0 Å². The fourth-order valence-electron chi connectivity index (χ4n) is 1.65. The maximum atomic E-state index is 5.92. The van der Waals surface area contributed by atoms with Gasteiger partial charge in [-0.15, -0.1) is 0 Å². The zero-order chi connectivity index (χ0) is 11.3. The first-order chi connectivity index (χ1) is 7.19. The maximum Gasteiger partial charge on any atom is 0.0417 e. The molecule has 1 atom stereocenters. The maximum absolute atomic E-state index is 5.92. The highest BCUT2D eigenvalue weighted by Crippen LogP contribution is 2.29. The molecule has 0 spiro atoms. The van der Waals surface area contributed by atoms with Crippen molar-refractivity contribution < 1.29 is 0 Å². The van der Waals surface area contributed by atoms with Crippen molar-refractivity contribution >= 4 is 27.5 Å². The van der Waals surface area contributed by atoms with Crippen molar-refractivity contribution in [3.05, 3.63) is 33.3 Å². The Hall–Kier alpha value is -0.0500. The number of benzene rings is 1. The highest BCUT2D eigenvalue weighted by molar-refractivity contribution is 9.10. The Labute approximate surface area is 105 Å². The van der Waals surface area contributed by atoms with E-state index >= 15 is 0 Å². The first-order valence-corrected chi connectivity index (χ1v) is 6.48. The molecule has 0 amide bonds. The van der Waals surface area contributed by atoms with E-state index in [1.807, 2.05) is 19.2 Å². The molecule has 0 aliphatic heterocycles. The predicted octanol–water partition coefficient (Wildman–Crippen LogP) is 4.55. The number of halogens is 2. The van der Waals surface area contributed by atoms with Crippen molar-refractivity contribution in [3.8, 4) is 0 Å². The lowest BCUT2D eigenvalue weighted by Crippen LogP contribution is -2.16. The van der Waals surface area contributed by atoms with Gasteiger partial charge in [-0.1, -0.05) is 53.4 Å². The molecule has 0 saturated heterocycles. The Kier molecular flexibility index (Phi) is 5.65. The minimum atomic E-state index is 0.414. The van der Waals surface area contributed by atoms with Crippen LogP contribution in [0.25, 0.3) is 0 Å². The molecule has 0 aliphatic rings. The molecule has 1 rings (SSSR count). The zero-order valence-corrected chi connectivity index (χ0v) is 11.5. The fraction of sp³-hybridized carbons (Fsp3) is 0.500. The second-order valence-electron chi connectivity index (χ2n) is 3.65. The van der Waals surface area contributed by atoms with Crippen molar-refractivity contribution in [3.63, 3.8) is 0 Å². The van der Waals surface area contributed by atoms with Crippen molar-refractivity contribution in [2.24, 2.45) is 0 Å². The SMILES string of the molecule is CCCCC(NC)c1ccc(Cl)cc1Br. The molecule has 0 saturated carbocycles. The van der Waals surface area contributed by atoms with Crippen LogP contribution in [0.1, 0.15) is 37.8 Å². The number of hydrogen-bond donors (Lipinski definition) is 1. The quantitative estimate of drug-likeness (QED) is 0.838. The molecule has 0 radical (unpaired) electrons. The number of unbranched alkanes of at least 4 members (excludes halogenated alkanes) is 1. The summed E-state index contributed by atoms with van der Waals surface area (Å²) < 4.78 is 1.09. The third-order valence-corrected chi connectivity index (χ3v) is 3.45. The minimum absolute atomic E-state index is 0.414. The average molecular weight is 291 g/mol. The lowest BCUT2D eigenvalue weighted by molar-refractivity contribution is 0.521. The summed E-state index contributed by atoms with van der Waals surface area (Å²) in [6, 6.07) is 6.39. The van der Waals surface area contributed by atoms with Gasteiger partial charge in [0.15, 0.2) is 0 Å². The summed E-state index contributed by atoms with van der Waals surface area (Å²) in [5, 5.41) is 4.11. The van der Waals surface area contributed by atoms with E-state index in [1.54, 1.807) is 0 Å². The molecule has 3 heteroatoms. The van der Waals surface area contributed by atoms with E-state index in [9.17, 15) is 0 Å². The van der Waals surface area contributed by atoms with E-state index in [0.717, 1.165) is 15.9 Å². The van der Waals surface area contributed by atoms with Crippen LogP contribution in [-0.2, 0) is 0 Å². The van der Waals surface area contributed by atoms with Crippen molar-refractivity contribution in [2.75, 3.05) is 7.05 Å². The Balaban J connectivity index is 2.81. The van der Waals surface area contributed by atoms with Crippen LogP contribution in [0.2, 0.25) is 5.02 Å². The smallest absolute Gasteiger partial charge is 0.0417 e. The Morgan fingerprint density at radius 1 is 1.47 bits per heavy atom. The van der Waals surface area contributed by atoms with Crippen LogP contribution in [0, 0.1) is 0 Å². The van der Waals surface area contributed by atoms with Gasteiger partial charge < -0.3 is 5.32 Å². The van der Waals surface area contributed by atoms with E-state index in [1.165, 1.54) is 18.4 Å². The van der Waals surface area contributed by atoms with E-state index in [2.05, 4.69) is 34.2 Å². The van der Waals surface area contributed by atoms with Crippen molar-refractivity contribution in [2.45, 2.75) is 32.2 Å². The topological polar surface area (TPSA) is 12.0 Å². The van der Waals surface area contributed by atoms with Crippen LogP contribution in [0.15, 0.2) is 22.7 Å². The van der Waals surface area contributed by atoms with Crippen LogP contribution in [0.3, 0.4) is 0 Å².